The van der Waals surface area contributed by atoms with Gasteiger partial charge < -0.3 is 10.6 Å². The highest BCUT2D eigenvalue weighted by atomic mass is 35.5. The molecule has 2 aromatic rings. The Morgan fingerprint density at radius 1 is 1.15 bits per heavy atom. The zero-order valence-electron chi connectivity index (χ0n) is 15.2. The number of carbonyl (C=O) groups excluding carboxylic acids is 2. The molecule has 1 aromatic carbocycles. The van der Waals surface area contributed by atoms with E-state index >= 15 is 0 Å². The summed E-state index contributed by atoms with van der Waals surface area (Å²) >= 11 is 6.21. The second kappa shape index (κ2) is 8.04. The smallest absolute Gasteiger partial charge is 0.254 e. The van der Waals surface area contributed by atoms with Crippen molar-refractivity contribution in [3.63, 3.8) is 0 Å². The van der Waals surface area contributed by atoms with Gasteiger partial charge in [0.25, 0.3) is 5.91 Å². The fraction of sp³-hybridized carbons (Fsp3) is 0.450. The number of pyridine rings is 1. The van der Waals surface area contributed by atoms with Crippen LogP contribution in [0.3, 0.4) is 0 Å². The van der Waals surface area contributed by atoms with Crippen molar-refractivity contribution >= 4 is 34.3 Å². The van der Waals surface area contributed by atoms with Crippen molar-refractivity contribution in [1.82, 2.24) is 15.6 Å². The first kappa shape index (κ1) is 18.6. The monoisotopic (exact) mass is 373 g/mol. The molecule has 2 amide bonds. The van der Waals surface area contributed by atoms with E-state index < -0.39 is 0 Å². The lowest BCUT2D eigenvalue weighted by Crippen LogP contribution is -2.42. The van der Waals surface area contributed by atoms with E-state index in [1.165, 1.54) is 6.42 Å². The van der Waals surface area contributed by atoms with Gasteiger partial charge >= 0.3 is 0 Å². The molecular formula is C20H24ClN3O2. The molecule has 0 unspecified atom stereocenters. The molecule has 0 atom stereocenters. The zero-order valence-corrected chi connectivity index (χ0v) is 15.9. The van der Waals surface area contributed by atoms with Crippen LogP contribution in [0.25, 0.3) is 10.9 Å². The summed E-state index contributed by atoms with van der Waals surface area (Å²) in [4.78, 5) is 28.9. The Bertz CT molecular complexity index is 845. The van der Waals surface area contributed by atoms with Crippen LogP contribution < -0.4 is 10.6 Å². The second-order valence-corrected chi connectivity index (χ2v) is 7.42. The summed E-state index contributed by atoms with van der Waals surface area (Å²) < 4.78 is 0. The largest absolute Gasteiger partial charge is 0.352 e. The van der Waals surface area contributed by atoms with Gasteiger partial charge in [0.15, 0.2) is 0 Å². The van der Waals surface area contributed by atoms with E-state index in [4.69, 9.17) is 11.6 Å². The number of carbonyl (C=O) groups is 2. The molecule has 0 spiro atoms. The van der Waals surface area contributed by atoms with E-state index in [-0.39, 0.29) is 35.1 Å². The van der Waals surface area contributed by atoms with Gasteiger partial charge in [0.1, 0.15) is 5.15 Å². The second-order valence-electron chi connectivity index (χ2n) is 7.07. The number of benzene rings is 1. The zero-order chi connectivity index (χ0) is 18.7. The molecule has 26 heavy (non-hydrogen) atoms. The third kappa shape index (κ3) is 4.33. The van der Waals surface area contributed by atoms with Crippen molar-refractivity contribution in [2.45, 2.75) is 52.0 Å². The molecule has 0 bridgehead atoms. The molecule has 3 rings (SSSR count). The Balaban J connectivity index is 1.67. The SMILES string of the molecule is Cc1cc(C)c2nc(Cl)c(C(=O)NCC(=O)NC3CCCCC3)cc2c1. The van der Waals surface area contributed by atoms with Crippen LogP contribution in [0.5, 0.6) is 0 Å². The van der Waals surface area contributed by atoms with E-state index in [0.717, 1.165) is 47.7 Å². The number of hydrogen-bond donors (Lipinski definition) is 2. The van der Waals surface area contributed by atoms with Crippen LogP contribution in [0, 0.1) is 13.8 Å². The van der Waals surface area contributed by atoms with Gasteiger partial charge in [-0.3, -0.25) is 9.59 Å². The van der Waals surface area contributed by atoms with Crippen molar-refractivity contribution in [2.75, 3.05) is 6.54 Å². The maximum atomic E-state index is 12.5. The van der Waals surface area contributed by atoms with Crippen LogP contribution in [-0.4, -0.2) is 29.4 Å². The maximum Gasteiger partial charge on any atom is 0.254 e. The molecule has 0 radical (unpaired) electrons. The molecule has 1 aromatic heterocycles. The molecular weight excluding hydrogens is 350 g/mol. The predicted molar refractivity (Wildman–Crippen MR) is 104 cm³/mol. The van der Waals surface area contributed by atoms with Crippen LogP contribution in [0.15, 0.2) is 18.2 Å². The summed E-state index contributed by atoms with van der Waals surface area (Å²) in [5.41, 5.74) is 3.18. The standard InChI is InChI=1S/C20H24ClN3O2/c1-12-8-13(2)18-14(9-12)10-16(19(21)24-18)20(26)22-11-17(25)23-15-6-4-3-5-7-15/h8-10,15H,3-7,11H2,1-2H3,(H,22,26)(H,23,25). The van der Waals surface area contributed by atoms with Crippen molar-refractivity contribution in [3.8, 4) is 0 Å². The molecule has 1 aliphatic rings. The van der Waals surface area contributed by atoms with Gasteiger partial charge in [-0.05, 0) is 44.4 Å². The number of rotatable bonds is 4. The maximum absolute atomic E-state index is 12.5. The summed E-state index contributed by atoms with van der Waals surface area (Å²) in [6, 6.07) is 5.96. The van der Waals surface area contributed by atoms with Gasteiger partial charge in [0.2, 0.25) is 5.91 Å². The lowest BCUT2D eigenvalue weighted by molar-refractivity contribution is -0.121. The Hall–Kier alpha value is -2.14. The number of hydrogen-bond acceptors (Lipinski definition) is 3. The lowest BCUT2D eigenvalue weighted by Gasteiger charge is -2.22. The van der Waals surface area contributed by atoms with Gasteiger partial charge in [0, 0.05) is 11.4 Å². The van der Waals surface area contributed by atoms with Gasteiger partial charge in [-0.15, -0.1) is 0 Å². The third-order valence-electron chi connectivity index (χ3n) is 4.83. The van der Waals surface area contributed by atoms with Crippen LogP contribution >= 0.6 is 11.6 Å². The van der Waals surface area contributed by atoms with Crippen LogP contribution in [0.1, 0.15) is 53.6 Å². The predicted octanol–water partition coefficient (Wildman–Crippen LogP) is 3.68. The molecule has 0 aliphatic heterocycles. The molecule has 1 aliphatic carbocycles. The summed E-state index contributed by atoms with van der Waals surface area (Å²) in [7, 11) is 0. The molecule has 0 saturated heterocycles. The van der Waals surface area contributed by atoms with Gasteiger partial charge in [0.05, 0.1) is 17.6 Å². The van der Waals surface area contributed by atoms with Crippen LogP contribution in [0.2, 0.25) is 5.15 Å². The van der Waals surface area contributed by atoms with E-state index in [0.29, 0.717) is 0 Å². The first-order valence-corrected chi connectivity index (χ1v) is 9.47. The molecule has 1 fully saturated rings. The molecule has 138 valence electrons. The highest BCUT2D eigenvalue weighted by Crippen LogP contribution is 2.24. The topological polar surface area (TPSA) is 71.1 Å². The van der Waals surface area contributed by atoms with E-state index in [1.54, 1.807) is 6.07 Å². The third-order valence-corrected chi connectivity index (χ3v) is 5.12. The Kier molecular flexibility index (Phi) is 5.77. The normalized spacial score (nSPS) is 15.0. The lowest BCUT2D eigenvalue weighted by atomic mass is 9.95. The summed E-state index contributed by atoms with van der Waals surface area (Å²) in [5, 5.41) is 6.64. The fourth-order valence-electron chi connectivity index (χ4n) is 3.57. The summed E-state index contributed by atoms with van der Waals surface area (Å²) in [6.07, 6.45) is 5.55. The van der Waals surface area contributed by atoms with E-state index in [1.807, 2.05) is 26.0 Å². The molecule has 6 heteroatoms. The number of fused-ring (bicyclic) bond motifs is 1. The number of aromatic nitrogens is 1. The van der Waals surface area contributed by atoms with Crippen molar-refractivity contribution in [3.05, 3.63) is 40.0 Å². The fourth-order valence-corrected chi connectivity index (χ4v) is 3.79. The quantitative estimate of drug-likeness (QED) is 0.803. The number of aryl methyl sites for hydroxylation is 2. The highest BCUT2D eigenvalue weighted by molar-refractivity contribution is 6.33. The average molecular weight is 374 g/mol. The Morgan fingerprint density at radius 2 is 1.88 bits per heavy atom. The summed E-state index contributed by atoms with van der Waals surface area (Å²) in [5.74, 6) is -0.552. The first-order valence-electron chi connectivity index (χ1n) is 9.09. The minimum atomic E-state index is -0.387. The van der Waals surface area contributed by atoms with Gasteiger partial charge in [-0.25, -0.2) is 4.98 Å². The Morgan fingerprint density at radius 3 is 2.62 bits per heavy atom. The summed E-state index contributed by atoms with van der Waals surface area (Å²) in [6.45, 7) is 3.90. The minimum absolute atomic E-state index is 0.0590. The van der Waals surface area contributed by atoms with Crippen LogP contribution in [-0.2, 0) is 4.79 Å². The number of nitrogens with zero attached hydrogens (tertiary/aromatic N) is 1. The number of halogens is 1. The number of nitrogens with one attached hydrogen (secondary N) is 2. The average Bonchev–Trinajstić information content (AvgIpc) is 2.61. The van der Waals surface area contributed by atoms with Gasteiger partial charge in [-0.2, -0.15) is 0 Å². The Labute approximate surface area is 158 Å². The molecule has 5 nitrogen and oxygen atoms in total. The van der Waals surface area contributed by atoms with E-state index in [9.17, 15) is 9.59 Å². The minimum Gasteiger partial charge on any atom is -0.352 e. The van der Waals surface area contributed by atoms with Crippen molar-refractivity contribution in [1.29, 1.82) is 0 Å². The van der Waals surface area contributed by atoms with E-state index in [2.05, 4.69) is 15.6 Å². The highest BCUT2D eigenvalue weighted by Gasteiger charge is 2.18. The molecule has 1 saturated carbocycles. The molecule has 2 N–H and O–H groups in total. The van der Waals surface area contributed by atoms with Crippen molar-refractivity contribution in [2.24, 2.45) is 0 Å². The van der Waals surface area contributed by atoms with Crippen molar-refractivity contribution < 1.29 is 9.59 Å². The van der Waals surface area contributed by atoms with Crippen LogP contribution in [0.4, 0.5) is 0 Å². The first-order chi connectivity index (χ1) is 12.4. The molecule has 1 heterocycles. The number of amides is 2. The van der Waals surface area contributed by atoms with Gasteiger partial charge in [-0.1, -0.05) is 42.5 Å².